The zero-order valence-corrected chi connectivity index (χ0v) is 10.6. The number of benzene rings is 2. The zero-order valence-electron chi connectivity index (χ0n) is 10.6. The van der Waals surface area contributed by atoms with Gasteiger partial charge >= 0.3 is 0 Å². The van der Waals surface area contributed by atoms with Gasteiger partial charge in [0.05, 0.1) is 0 Å². The standard InChI is InChI=1S/C16H18O/c1-11-8-9-14(13(3)12(11)2)10-15-6-4-5-7-16(15)17/h4-9,17H,10H2,1-3H3. The highest BCUT2D eigenvalue weighted by molar-refractivity contribution is 5.43. The summed E-state index contributed by atoms with van der Waals surface area (Å²) in [6.07, 6.45) is 0.791. The second-order valence-electron chi connectivity index (χ2n) is 4.60. The molecule has 0 amide bonds. The minimum Gasteiger partial charge on any atom is -0.508 e. The largest absolute Gasteiger partial charge is 0.508 e. The molecule has 0 bridgehead atoms. The molecule has 0 aliphatic rings. The van der Waals surface area contributed by atoms with E-state index in [-0.39, 0.29) is 0 Å². The summed E-state index contributed by atoms with van der Waals surface area (Å²) >= 11 is 0. The number of phenolic OH excluding ortho intramolecular Hbond substituents is 1. The molecule has 0 saturated heterocycles. The molecule has 0 unspecified atom stereocenters. The SMILES string of the molecule is Cc1ccc(Cc2ccccc2O)c(C)c1C. The van der Waals surface area contributed by atoms with Gasteiger partial charge in [0.2, 0.25) is 0 Å². The molecule has 2 rings (SSSR count). The smallest absolute Gasteiger partial charge is 0.119 e. The van der Waals surface area contributed by atoms with E-state index in [1.807, 2.05) is 18.2 Å². The van der Waals surface area contributed by atoms with E-state index in [1.165, 1.54) is 22.3 Å². The van der Waals surface area contributed by atoms with Crippen LogP contribution < -0.4 is 0 Å². The van der Waals surface area contributed by atoms with Gasteiger partial charge in [-0.15, -0.1) is 0 Å². The predicted octanol–water partition coefficient (Wildman–Crippen LogP) is 3.91. The number of phenols is 1. The van der Waals surface area contributed by atoms with Crippen LogP contribution in [-0.2, 0) is 6.42 Å². The summed E-state index contributed by atoms with van der Waals surface area (Å²) in [6.45, 7) is 6.43. The summed E-state index contributed by atoms with van der Waals surface area (Å²) in [6, 6.07) is 11.8. The van der Waals surface area contributed by atoms with Crippen LogP contribution in [0.15, 0.2) is 36.4 Å². The van der Waals surface area contributed by atoms with Gasteiger partial charge in [-0.1, -0.05) is 30.3 Å². The van der Waals surface area contributed by atoms with Crippen molar-refractivity contribution < 1.29 is 5.11 Å². The fourth-order valence-corrected chi connectivity index (χ4v) is 2.07. The van der Waals surface area contributed by atoms with E-state index in [0.717, 1.165) is 12.0 Å². The van der Waals surface area contributed by atoms with Gasteiger partial charge in [0.15, 0.2) is 0 Å². The third-order valence-electron chi connectivity index (χ3n) is 3.54. The zero-order chi connectivity index (χ0) is 12.4. The Labute approximate surface area is 103 Å². The van der Waals surface area contributed by atoms with Crippen LogP contribution in [0.4, 0.5) is 0 Å². The van der Waals surface area contributed by atoms with E-state index in [9.17, 15) is 5.11 Å². The van der Waals surface area contributed by atoms with Gasteiger partial charge in [-0.3, -0.25) is 0 Å². The van der Waals surface area contributed by atoms with Crippen molar-refractivity contribution in [1.82, 2.24) is 0 Å². The molecular formula is C16H18O. The molecule has 0 atom stereocenters. The molecule has 0 fully saturated rings. The lowest BCUT2D eigenvalue weighted by Crippen LogP contribution is -1.96. The number of aryl methyl sites for hydroxylation is 1. The molecule has 2 aromatic carbocycles. The van der Waals surface area contributed by atoms with E-state index < -0.39 is 0 Å². The van der Waals surface area contributed by atoms with Crippen molar-refractivity contribution in [2.75, 3.05) is 0 Å². The van der Waals surface area contributed by atoms with Crippen LogP contribution in [0.25, 0.3) is 0 Å². The van der Waals surface area contributed by atoms with E-state index >= 15 is 0 Å². The molecular weight excluding hydrogens is 208 g/mol. The number of para-hydroxylation sites is 1. The van der Waals surface area contributed by atoms with Crippen molar-refractivity contribution in [3.05, 3.63) is 64.2 Å². The van der Waals surface area contributed by atoms with Gasteiger partial charge in [-0.25, -0.2) is 0 Å². The van der Waals surface area contributed by atoms with Crippen molar-refractivity contribution in [2.24, 2.45) is 0 Å². The van der Waals surface area contributed by atoms with Gasteiger partial charge in [-0.2, -0.15) is 0 Å². The monoisotopic (exact) mass is 226 g/mol. The predicted molar refractivity (Wildman–Crippen MR) is 71.6 cm³/mol. The van der Waals surface area contributed by atoms with Gasteiger partial charge < -0.3 is 5.11 Å². The van der Waals surface area contributed by atoms with Gasteiger partial charge in [0.25, 0.3) is 0 Å². The third-order valence-corrected chi connectivity index (χ3v) is 3.54. The van der Waals surface area contributed by atoms with E-state index in [4.69, 9.17) is 0 Å². The lowest BCUT2D eigenvalue weighted by molar-refractivity contribution is 0.469. The Balaban J connectivity index is 2.38. The lowest BCUT2D eigenvalue weighted by atomic mass is 9.94. The van der Waals surface area contributed by atoms with E-state index in [1.54, 1.807) is 6.07 Å². The van der Waals surface area contributed by atoms with Crippen LogP contribution in [0, 0.1) is 20.8 Å². The molecule has 17 heavy (non-hydrogen) atoms. The number of hydrogen-bond acceptors (Lipinski definition) is 1. The highest BCUT2D eigenvalue weighted by atomic mass is 16.3. The van der Waals surface area contributed by atoms with Gasteiger partial charge in [0.1, 0.15) is 5.75 Å². The Morgan fingerprint density at radius 2 is 1.53 bits per heavy atom. The highest BCUT2D eigenvalue weighted by Gasteiger charge is 2.06. The minimum atomic E-state index is 0.380. The quantitative estimate of drug-likeness (QED) is 0.823. The number of rotatable bonds is 2. The first kappa shape index (κ1) is 11.7. The normalized spacial score (nSPS) is 10.5. The van der Waals surface area contributed by atoms with Crippen LogP contribution in [0.2, 0.25) is 0 Å². The Morgan fingerprint density at radius 1 is 0.824 bits per heavy atom. The van der Waals surface area contributed by atoms with Crippen molar-refractivity contribution in [3.63, 3.8) is 0 Å². The van der Waals surface area contributed by atoms with Crippen LogP contribution in [0.1, 0.15) is 27.8 Å². The average molecular weight is 226 g/mol. The number of hydrogen-bond donors (Lipinski definition) is 1. The minimum absolute atomic E-state index is 0.380. The Kier molecular flexibility index (Phi) is 3.19. The highest BCUT2D eigenvalue weighted by Crippen LogP contribution is 2.24. The molecule has 88 valence electrons. The first-order valence-electron chi connectivity index (χ1n) is 5.92. The molecule has 1 nitrogen and oxygen atoms in total. The maximum atomic E-state index is 9.79. The summed E-state index contributed by atoms with van der Waals surface area (Å²) in [5.41, 5.74) is 6.27. The van der Waals surface area contributed by atoms with Gasteiger partial charge in [0, 0.05) is 6.42 Å². The van der Waals surface area contributed by atoms with Crippen LogP contribution in [-0.4, -0.2) is 5.11 Å². The Bertz CT molecular complexity index is 541. The van der Waals surface area contributed by atoms with Crippen molar-refractivity contribution >= 4 is 0 Å². The summed E-state index contributed by atoms with van der Waals surface area (Å²) in [4.78, 5) is 0. The lowest BCUT2D eigenvalue weighted by Gasteiger charge is -2.12. The second-order valence-corrected chi connectivity index (χ2v) is 4.60. The summed E-state index contributed by atoms with van der Waals surface area (Å²) < 4.78 is 0. The fourth-order valence-electron chi connectivity index (χ4n) is 2.07. The third kappa shape index (κ3) is 2.33. The van der Waals surface area contributed by atoms with Crippen molar-refractivity contribution in [3.8, 4) is 5.75 Å². The molecule has 0 aromatic heterocycles. The Morgan fingerprint density at radius 3 is 2.24 bits per heavy atom. The van der Waals surface area contributed by atoms with Crippen LogP contribution >= 0.6 is 0 Å². The van der Waals surface area contributed by atoms with Crippen LogP contribution in [0.5, 0.6) is 5.75 Å². The first-order valence-corrected chi connectivity index (χ1v) is 5.92. The van der Waals surface area contributed by atoms with E-state index in [0.29, 0.717) is 5.75 Å². The Hall–Kier alpha value is -1.76. The summed E-state index contributed by atoms with van der Waals surface area (Å²) in [5.74, 6) is 0.380. The van der Waals surface area contributed by atoms with Crippen molar-refractivity contribution in [2.45, 2.75) is 27.2 Å². The van der Waals surface area contributed by atoms with E-state index in [2.05, 4.69) is 32.9 Å². The molecule has 1 heteroatoms. The molecule has 0 aliphatic carbocycles. The van der Waals surface area contributed by atoms with Crippen molar-refractivity contribution in [1.29, 1.82) is 0 Å². The maximum Gasteiger partial charge on any atom is 0.119 e. The molecule has 0 spiro atoms. The van der Waals surface area contributed by atoms with Gasteiger partial charge in [-0.05, 0) is 54.7 Å². The fraction of sp³-hybridized carbons (Fsp3) is 0.250. The molecule has 1 N–H and O–H groups in total. The molecule has 0 aliphatic heterocycles. The maximum absolute atomic E-state index is 9.79. The molecule has 0 saturated carbocycles. The second kappa shape index (κ2) is 4.62. The topological polar surface area (TPSA) is 20.2 Å². The average Bonchev–Trinajstić information content (AvgIpc) is 2.32. The number of aromatic hydroxyl groups is 1. The molecule has 2 aromatic rings. The summed E-state index contributed by atoms with van der Waals surface area (Å²) in [7, 11) is 0. The molecule has 0 radical (unpaired) electrons. The summed E-state index contributed by atoms with van der Waals surface area (Å²) in [5, 5.41) is 9.79. The first-order chi connectivity index (χ1) is 8.09. The van der Waals surface area contributed by atoms with Crippen LogP contribution in [0.3, 0.4) is 0 Å². The molecule has 0 heterocycles.